The largest absolute Gasteiger partial charge is 0.287 e. The predicted octanol–water partition coefficient (Wildman–Crippen LogP) is 7.84. The van der Waals surface area contributed by atoms with Crippen LogP contribution in [0.3, 0.4) is 0 Å². The van der Waals surface area contributed by atoms with Crippen LogP contribution < -0.4 is 26.4 Å². The predicted molar refractivity (Wildman–Crippen MR) is 167 cm³/mol. The van der Waals surface area contributed by atoms with Gasteiger partial charge in [-0.3, -0.25) is 4.79 Å². The molecule has 1 heterocycles. The standard InChI is InChI=1S/C24BF20.C13H11FNO/c26-5-1(6(27)14(35)21(42)13(5)34)25(2-7(28)15(36)22(43)16(37)8(2)29,3-9(30)17(38)23(44)18(39)10(3)31)4-11(32)19(40)24(45)20(41)12(4)33;14-12-6-4-11(5-7-12)13(16)10-15-8-2-1-3-9-15/h;1-9H,10H2/q-1;+1. The summed E-state index contributed by atoms with van der Waals surface area (Å²) < 4.78 is 308. The minimum Gasteiger partial charge on any atom is -0.287 e. The van der Waals surface area contributed by atoms with Crippen molar-refractivity contribution in [3.8, 4) is 0 Å². The Hall–Kier alpha value is -6.49. The zero-order chi connectivity index (χ0) is 45.7. The maximum absolute atomic E-state index is 15.4. The first-order valence-corrected chi connectivity index (χ1v) is 15.9. The number of nitrogens with zero attached hydrogens (tertiary/aromatic N) is 1. The number of pyridine rings is 1. The van der Waals surface area contributed by atoms with Gasteiger partial charge in [-0.15, -0.1) is 21.9 Å². The molecule has 0 saturated carbocycles. The normalized spacial score (nSPS) is 11.5. The Morgan fingerprint density at radius 2 is 0.574 bits per heavy atom. The molecule has 0 aliphatic carbocycles. The number of halogens is 21. The third kappa shape index (κ3) is 7.30. The molecule has 0 fully saturated rings. The summed E-state index contributed by atoms with van der Waals surface area (Å²) in [5, 5.41) is 0. The van der Waals surface area contributed by atoms with Crippen LogP contribution in [-0.2, 0) is 6.54 Å². The van der Waals surface area contributed by atoms with Crippen molar-refractivity contribution in [2.75, 3.05) is 0 Å². The third-order valence-corrected chi connectivity index (χ3v) is 8.98. The second kappa shape index (κ2) is 16.9. The van der Waals surface area contributed by atoms with Gasteiger partial charge in [0.15, 0.2) is 82.2 Å². The number of ketones is 1. The minimum absolute atomic E-state index is 0.0313. The number of hydrogen-bond acceptors (Lipinski definition) is 1. The second-order valence-electron chi connectivity index (χ2n) is 12.3. The molecule has 2 nitrogen and oxygen atoms in total. The van der Waals surface area contributed by atoms with Gasteiger partial charge < -0.3 is 0 Å². The number of aromatic nitrogens is 1. The Morgan fingerprint density at radius 3 is 0.820 bits per heavy atom. The van der Waals surface area contributed by atoms with Crippen molar-refractivity contribution in [1.29, 1.82) is 0 Å². The number of Topliss-reactive ketones (excluding diaryl/α,β-unsaturated/α-hetero) is 1. The molecule has 0 aliphatic rings. The topological polar surface area (TPSA) is 20.9 Å². The van der Waals surface area contributed by atoms with E-state index in [1.165, 1.54) is 24.3 Å². The maximum atomic E-state index is 15.4. The van der Waals surface area contributed by atoms with E-state index in [1.807, 2.05) is 30.6 Å². The summed E-state index contributed by atoms with van der Waals surface area (Å²) in [6.45, 7) is 0.270. The van der Waals surface area contributed by atoms with Gasteiger partial charge >= 0.3 is 0 Å². The van der Waals surface area contributed by atoms with Gasteiger partial charge in [0.1, 0.15) is 58.5 Å². The summed E-state index contributed by atoms with van der Waals surface area (Å²) in [4.78, 5) is 11.8. The summed E-state index contributed by atoms with van der Waals surface area (Å²) in [6.07, 6.45) is -3.58. The van der Waals surface area contributed by atoms with Crippen molar-refractivity contribution in [2.45, 2.75) is 6.54 Å². The van der Waals surface area contributed by atoms with Crippen molar-refractivity contribution in [1.82, 2.24) is 0 Å². The first kappa shape index (κ1) is 45.6. The van der Waals surface area contributed by atoms with Crippen LogP contribution in [0.15, 0.2) is 54.9 Å². The summed E-state index contributed by atoms with van der Waals surface area (Å²) in [7, 11) is 0. The quantitative estimate of drug-likeness (QED) is 0.0400. The average molecular weight is 895 g/mol. The number of hydrogen-bond donors (Lipinski definition) is 0. The number of carbonyl (C=O) groups is 1. The highest BCUT2D eigenvalue weighted by atomic mass is 19.2. The van der Waals surface area contributed by atoms with Crippen molar-refractivity contribution >= 4 is 33.8 Å². The first-order chi connectivity index (χ1) is 28.5. The molecule has 0 radical (unpaired) electrons. The van der Waals surface area contributed by atoms with E-state index >= 15 is 35.1 Å². The van der Waals surface area contributed by atoms with Crippen LogP contribution in [0, 0.1) is 122 Å². The average Bonchev–Trinajstić information content (AvgIpc) is 3.24. The van der Waals surface area contributed by atoms with Crippen LogP contribution in [0.4, 0.5) is 92.2 Å². The van der Waals surface area contributed by atoms with E-state index in [-0.39, 0.29) is 18.1 Å². The SMILES string of the molecule is Fc1c(F)c(F)c([B-](c2c(F)c(F)c(F)c(F)c2F)(c2c(F)c(F)c(F)c(F)c2F)c2c(F)c(F)c(F)c(F)c2F)c(F)c1F.O=C(C[n+]1ccccc1)c1ccc(F)cc1. The Kier molecular flexibility index (Phi) is 12.6. The minimum atomic E-state index is -7.22. The number of benzene rings is 5. The monoisotopic (exact) mass is 895 g/mol. The summed E-state index contributed by atoms with van der Waals surface area (Å²) in [5.41, 5.74) is -13.8. The molecule has 61 heavy (non-hydrogen) atoms. The van der Waals surface area contributed by atoms with Gasteiger partial charge in [-0.25, -0.2) is 92.2 Å². The summed E-state index contributed by atoms with van der Waals surface area (Å²) in [6, 6.07) is 11.2. The highest BCUT2D eigenvalue weighted by Gasteiger charge is 2.52. The Bertz CT molecular complexity index is 2370. The zero-order valence-electron chi connectivity index (χ0n) is 28.8. The first-order valence-electron chi connectivity index (χ1n) is 15.9. The number of carbonyl (C=O) groups excluding carboxylic acids is 1. The fraction of sp³-hybridized carbons (Fsp3) is 0.0270. The van der Waals surface area contributed by atoms with Crippen molar-refractivity contribution in [3.63, 3.8) is 0 Å². The van der Waals surface area contributed by atoms with Gasteiger partial charge in [0, 0.05) is 17.7 Å². The summed E-state index contributed by atoms with van der Waals surface area (Å²) in [5.74, 6) is -71.8. The van der Waals surface area contributed by atoms with Crippen LogP contribution in [-0.4, -0.2) is 11.9 Å². The van der Waals surface area contributed by atoms with Crippen molar-refractivity contribution in [2.24, 2.45) is 0 Å². The molecule has 24 heteroatoms. The molecule has 0 N–H and O–H groups in total. The highest BCUT2D eigenvalue weighted by Crippen LogP contribution is 2.30. The molecule has 0 saturated heterocycles. The van der Waals surface area contributed by atoms with Gasteiger partial charge in [-0.1, -0.05) is 6.07 Å². The lowest BCUT2D eigenvalue weighted by Gasteiger charge is -2.44. The molecule has 1 aromatic heterocycles. The molecule has 0 amide bonds. The molecule has 6 rings (SSSR count). The van der Waals surface area contributed by atoms with Gasteiger partial charge in [0.05, 0.1) is 0 Å². The van der Waals surface area contributed by atoms with Crippen LogP contribution in [0.1, 0.15) is 10.4 Å². The molecule has 0 aliphatic heterocycles. The van der Waals surface area contributed by atoms with Gasteiger partial charge in [-0.05, 0) is 24.3 Å². The molecule has 0 bridgehead atoms. The molecule has 6 aromatic rings. The van der Waals surface area contributed by atoms with E-state index < -0.39 is 144 Å². The molecule has 320 valence electrons. The molecular formula is C37H11BF21NO. The van der Waals surface area contributed by atoms with Crippen LogP contribution >= 0.6 is 0 Å². The zero-order valence-corrected chi connectivity index (χ0v) is 28.8. The van der Waals surface area contributed by atoms with E-state index in [9.17, 15) is 61.9 Å². The number of rotatable bonds is 7. The van der Waals surface area contributed by atoms with E-state index in [1.54, 1.807) is 4.57 Å². The Balaban J connectivity index is 0.000000366. The second-order valence-corrected chi connectivity index (χ2v) is 12.3. The lowest BCUT2D eigenvalue weighted by molar-refractivity contribution is -0.683. The molecule has 0 unspecified atom stereocenters. The smallest absolute Gasteiger partial charge is 0.227 e. The fourth-order valence-corrected chi connectivity index (χ4v) is 6.31. The van der Waals surface area contributed by atoms with Crippen molar-refractivity contribution < 1.29 is 102 Å². The maximum Gasteiger partial charge on any atom is 0.227 e. The third-order valence-electron chi connectivity index (χ3n) is 8.98. The lowest BCUT2D eigenvalue weighted by Crippen LogP contribution is -2.81. The van der Waals surface area contributed by atoms with Crippen molar-refractivity contribution in [3.05, 3.63) is 183 Å². The summed E-state index contributed by atoms with van der Waals surface area (Å²) >= 11 is 0. The van der Waals surface area contributed by atoms with Gasteiger partial charge in [0.25, 0.3) is 0 Å². The highest BCUT2D eigenvalue weighted by molar-refractivity contribution is 7.20. The Morgan fingerprint density at radius 1 is 0.344 bits per heavy atom. The van der Waals surface area contributed by atoms with E-state index in [2.05, 4.69) is 0 Å². The van der Waals surface area contributed by atoms with Crippen LogP contribution in [0.2, 0.25) is 0 Å². The van der Waals surface area contributed by atoms with Crippen LogP contribution in [0.5, 0.6) is 0 Å². The fourth-order valence-electron chi connectivity index (χ4n) is 6.31. The molecule has 5 aromatic carbocycles. The molecule has 0 atom stereocenters. The van der Waals surface area contributed by atoms with Crippen LogP contribution in [0.25, 0.3) is 0 Å². The van der Waals surface area contributed by atoms with E-state index in [0.29, 0.717) is 5.56 Å². The van der Waals surface area contributed by atoms with E-state index in [0.717, 1.165) is 0 Å². The molecular weight excluding hydrogens is 884 g/mol. The lowest BCUT2D eigenvalue weighted by atomic mass is 9.12. The van der Waals surface area contributed by atoms with Gasteiger partial charge in [-0.2, -0.15) is 4.57 Å². The Labute approximate surface area is 324 Å². The molecule has 0 spiro atoms. The van der Waals surface area contributed by atoms with Gasteiger partial charge in [0.2, 0.25) is 12.3 Å². The van der Waals surface area contributed by atoms with E-state index in [4.69, 9.17) is 0 Å².